The van der Waals surface area contributed by atoms with E-state index in [2.05, 4.69) is 43.5 Å². The highest BCUT2D eigenvalue weighted by atomic mass is 31.2. The van der Waals surface area contributed by atoms with Gasteiger partial charge in [0.2, 0.25) is 5.91 Å². The first-order valence-electron chi connectivity index (χ1n) is 33.9. The lowest BCUT2D eigenvalue weighted by Gasteiger charge is -2.29. The van der Waals surface area contributed by atoms with Crippen LogP contribution in [-0.4, -0.2) is 68.5 Å². The molecular formula is C68H133N2O6P. The highest BCUT2D eigenvalue weighted by Crippen LogP contribution is 2.38. The van der Waals surface area contributed by atoms with Gasteiger partial charge in [-0.2, -0.15) is 0 Å². The zero-order valence-corrected chi connectivity index (χ0v) is 53.1. The van der Waals surface area contributed by atoms with Crippen molar-refractivity contribution in [3.05, 3.63) is 36.5 Å². The molecule has 2 N–H and O–H groups in total. The lowest BCUT2D eigenvalue weighted by Crippen LogP contribution is -2.45. The van der Waals surface area contributed by atoms with E-state index in [1.807, 2.05) is 27.2 Å². The molecule has 0 saturated carbocycles. The zero-order valence-electron chi connectivity index (χ0n) is 52.2. The van der Waals surface area contributed by atoms with Crippen LogP contribution in [0.1, 0.15) is 341 Å². The van der Waals surface area contributed by atoms with Crippen LogP contribution in [0.5, 0.6) is 0 Å². The number of amides is 1. The molecule has 1 amide bonds. The van der Waals surface area contributed by atoms with Crippen LogP contribution in [0.3, 0.4) is 0 Å². The third-order valence-corrected chi connectivity index (χ3v) is 16.5. The van der Waals surface area contributed by atoms with Gasteiger partial charge >= 0.3 is 0 Å². The lowest BCUT2D eigenvalue weighted by atomic mass is 10.0. The van der Waals surface area contributed by atoms with Crippen molar-refractivity contribution in [2.24, 2.45) is 0 Å². The van der Waals surface area contributed by atoms with Crippen molar-refractivity contribution in [3.63, 3.8) is 0 Å². The predicted molar refractivity (Wildman–Crippen MR) is 335 cm³/mol. The van der Waals surface area contributed by atoms with Gasteiger partial charge in [0.1, 0.15) is 13.2 Å². The van der Waals surface area contributed by atoms with Gasteiger partial charge in [-0.15, -0.1) is 0 Å². The molecule has 9 heteroatoms. The number of hydrogen-bond donors (Lipinski definition) is 2. The lowest BCUT2D eigenvalue weighted by molar-refractivity contribution is -0.870. The standard InChI is InChI=1S/C68H133N2O6P/c1-6-8-10-12-14-16-18-20-22-24-26-28-30-32-34-36-38-40-42-44-46-48-50-52-54-56-58-60-62-68(72)69-66(65-76-77(73,74)75-64-63-70(3,4)5)67(71)61-59-57-55-53-51-49-47-45-43-41-39-37-35-33-31-29-27-25-23-21-19-17-15-13-11-9-7-2/h43,45,51,53,59,61,66-67,71H,6-42,44,46-50,52,54-58,60,62-65H2,1-5H3,(H-,69,72,73,74)/b45-43+,53-51+,61-59+. The topological polar surface area (TPSA) is 108 Å². The number of aliphatic hydroxyl groups is 1. The van der Waals surface area contributed by atoms with Gasteiger partial charge in [-0.3, -0.25) is 9.36 Å². The molecule has 456 valence electrons. The van der Waals surface area contributed by atoms with Crippen molar-refractivity contribution >= 4 is 13.7 Å². The summed E-state index contributed by atoms with van der Waals surface area (Å²) in [6.07, 6.45) is 78.4. The molecule has 0 spiro atoms. The Morgan fingerprint density at radius 1 is 0.442 bits per heavy atom. The van der Waals surface area contributed by atoms with E-state index in [0.717, 1.165) is 44.9 Å². The number of aliphatic hydroxyl groups excluding tert-OH is 1. The van der Waals surface area contributed by atoms with Gasteiger partial charge in [0.25, 0.3) is 7.82 Å². The van der Waals surface area contributed by atoms with Crippen molar-refractivity contribution in [1.29, 1.82) is 0 Å². The number of carbonyl (C=O) groups excluding carboxylic acids is 1. The Balaban J connectivity index is 4.13. The maximum absolute atomic E-state index is 13.0. The summed E-state index contributed by atoms with van der Waals surface area (Å²) in [6.45, 7) is 4.68. The first-order chi connectivity index (χ1) is 37.5. The fourth-order valence-corrected chi connectivity index (χ4v) is 11.0. The molecule has 0 aromatic rings. The molecule has 3 unspecified atom stereocenters. The van der Waals surface area contributed by atoms with Gasteiger partial charge in [-0.1, -0.05) is 326 Å². The molecule has 0 aliphatic carbocycles. The Labute approximate surface area is 480 Å². The van der Waals surface area contributed by atoms with E-state index in [1.165, 1.54) is 276 Å². The third-order valence-electron chi connectivity index (χ3n) is 15.6. The number of likely N-dealkylation sites (N-methyl/N-ethyl adjacent to an activating group) is 1. The van der Waals surface area contributed by atoms with Gasteiger partial charge in [0, 0.05) is 6.42 Å². The highest BCUT2D eigenvalue weighted by molar-refractivity contribution is 7.45. The molecule has 8 nitrogen and oxygen atoms in total. The van der Waals surface area contributed by atoms with Crippen molar-refractivity contribution in [3.8, 4) is 0 Å². The van der Waals surface area contributed by atoms with Gasteiger partial charge in [0.05, 0.1) is 39.9 Å². The van der Waals surface area contributed by atoms with E-state index >= 15 is 0 Å². The molecule has 0 aromatic heterocycles. The largest absolute Gasteiger partial charge is 0.756 e. The molecule has 0 aliphatic rings. The molecule has 3 atom stereocenters. The fraction of sp³-hybridized carbons (Fsp3) is 0.897. The van der Waals surface area contributed by atoms with Gasteiger partial charge in [-0.05, 0) is 44.9 Å². The summed E-state index contributed by atoms with van der Waals surface area (Å²) in [4.78, 5) is 25.6. The van der Waals surface area contributed by atoms with Crippen LogP contribution in [0.2, 0.25) is 0 Å². The monoisotopic (exact) mass is 1100 g/mol. The van der Waals surface area contributed by atoms with Crippen LogP contribution < -0.4 is 10.2 Å². The first-order valence-corrected chi connectivity index (χ1v) is 35.3. The number of nitrogens with zero attached hydrogens (tertiary/aromatic N) is 1. The van der Waals surface area contributed by atoms with Crippen LogP contribution in [0, 0.1) is 0 Å². The molecule has 77 heavy (non-hydrogen) atoms. The van der Waals surface area contributed by atoms with E-state index in [-0.39, 0.29) is 12.5 Å². The minimum Gasteiger partial charge on any atom is -0.756 e. The molecule has 0 radical (unpaired) electrons. The Bertz CT molecular complexity index is 1350. The summed E-state index contributed by atoms with van der Waals surface area (Å²) in [5.41, 5.74) is 0. The number of hydrogen-bond acceptors (Lipinski definition) is 6. The zero-order chi connectivity index (χ0) is 56.3. The first kappa shape index (κ1) is 75.7. The smallest absolute Gasteiger partial charge is 0.268 e. The highest BCUT2D eigenvalue weighted by Gasteiger charge is 2.23. The SMILES string of the molecule is CCCCCCCCCCCCCCCCCCC/C=C/CC/C=C/CC/C=C/C(O)C(COP(=O)([O-])OCC[N+](C)(C)C)NC(=O)CCCCCCCCCCCCCCCCCCCCCCCCCCCCCC. The number of unbranched alkanes of at least 4 members (excludes halogenated alkanes) is 46. The van der Waals surface area contributed by atoms with E-state index in [0.29, 0.717) is 17.4 Å². The molecule has 0 aliphatic heterocycles. The van der Waals surface area contributed by atoms with E-state index < -0.39 is 26.6 Å². The molecule has 0 saturated heterocycles. The normalized spacial score (nSPS) is 13.9. The van der Waals surface area contributed by atoms with Gasteiger partial charge in [0.15, 0.2) is 0 Å². The molecular weight excluding hydrogens is 972 g/mol. The van der Waals surface area contributed by atoms with Crippen molar-refractivity contribution < 1.29 is 32.9 Å². The van der Waals surface area contributed by atoms with E-state index in [1.54, 1.807) is 6.08 Å². The number of nitrogens with one attached hydrogen (secondary N) is 1. The summed E-state index contributed by atoms with van der Waals surface area (Å²) < 4.78 is 23.4. The Morgan fingerprint density at radius 2 is 0.727 bits per heavy atom. The summed E-state index contributed by atoms with van der Waals surface area (Å²) in [7, 11) is 1.25. The number of phosphoric acid groups is 1. The summed E-state index contributed by atoms with van der Waals surface area (Å²) in [6, 6.07) is -0.909. The average molecular weight is 1110 g/mol. The van der Waals surface area contributed by atoms with Gasteiger partial charge < -0.3 is 28.8 Å². The Morgan fingerprint density at radius 3 is 1.05 bits per heavy atom. The van der Waals surface area contributed by atoms with Crippen LogP contribution in [0.15, 0.2) is 36.5 Å². The summed E-state index contributed by atoms with van der Waals surface area (Å²) in [5, 5.41) is 13.9. The number of phosphoric ester groups is 1. The molecule has 0 fully saturated rings. The predicted octanol–water partition coefficient (Wildman–Crippen LogP) is 20.6. The van der Waals surface area contributed by atoms with Crippen molar-refractivity contribution in [2.75, 3.05) is 40.9 Å². The number of rotatable bonds is 63. The van der Waals surface area contributed by atoms with Crippen molar-refractivity contribution in [1.82, 2.24) is 5.32 Å². The molecule has 0 aromatic carbocycles. The second-order valence-electron chi connectivity index (χ2n) is 24.5. The average Bonchev–Trinajstić information content (AvgIpc) is 3.39. The third kappa shape index (κ3) is 62.2. The summed E-state index contributed by atoms with van der Waals surface area (Å²) >= 11 is 0. The van der Waals surface area contributed by atoms with E-state index in [4.69, 9.17) is 9.05 Å². The van der Waals surface area contributed by atoms with Crippen molar-refractivity contribution in [2.45, 2.75) is 353 Å². The minimum absolute atomic E-state index is 0.00712. The molecule has 0 bridgehead atoms. The Hall–Kier alpha value is -1.28. The number of carbonyl (C=O) groups is 1. The molecule has 0 rings (SSSR count). The second kappa shape index (κ2) is 59.3. The fourth-order valence-electron chi connectivity index (χ4n) is 10.3. The van der Waals surface area contributed by atoms with Gasteiger partial charge in [-0.25, -0.2) is 0 Å². The maximum Gasteiger partial charge on any atom is 0.268 e. The number of allylic oxidation sites excluding steroid dienone is 5. The Kier molecular flexibility index (Phi) is 58.4. The quantitative estimate of drug-likeness (QED) is 0.0272. The number of quaternary nitrogens is 1. The summed E-state index contributed by atoms with van der Waals surface area (Å²) in [5.74, 6) is -0.204. The van der Waals surface area contributed by atoms with Crippen LogP contribution in [0.4, 0.5) is 0 Å². The van der Waals surface area contributed by atoms with Crippen LogP contribution >= 0.6 is 7.82 Å². The minimum atomic E-state index is -4.61. The van der Waals surface area contributed by atoms with Crippen LogP contribution in [-0.2, 0) is 18.4 Å². The second-order valence-corrected chi connectivity index (χ2v) is 25.9. The van der Waals surface area contributed by atoms with E-state index in [9.17, 15) is 19.4 Å². The maximum atomic E-state index is 13.0. The molecule has 0 heterocycles. The van der Waals surface area contributed by atoms with Crippen LogP contribution in [0.25, 0.3) is 0 Å².